The molecule has 1 atom stereocenters. The number of halogens is 1. The van der Waals surface area contributed by atoms with Gasteiger partial charge in [0.25, 0.3) is 0 Å². The monoisotopic (exact) mass is 257 g/mol. The molecule has 2 N–H and O–H groups in total. The molecular formula is C13H20ClNS. The predicted octanol–water partition coefficient (Wildman–Crippen LogP) is 4.19. The first-order valence-corrected chi connectivity index (χ1v) is 6.35. The largest absolute Gasteiger partial charge is 0.324 e. The molecular weight excluding hydrogens is 238 g/mol. The van der Waals surface area contributed by atoms with Crippen molar-refractivity contribution in [2.75, 3.05) is 5.75 Å². The number of allylic oxidation sites excluding steroid dienone is 1. The summed E-state index contributed by atoms with van der Waals surface area (Å²) in [6.07, 6.45) is 3.87. The Hall–Kier alpha value is -0.440. The van der Waals surface area contributed by atoms with Gasteiger partial charge >= 0.3 is 0 Å². The number of benzene rings is 1. The zero-order valence-electron chi connectivity index (χ0n) is 9.69. The van der Waals surface area contributed by atoms with Crippen molar-refractivity contribution in [3.05, 3.63) is 42.5 Å². The molecule has 1 rings (SSSR count). The Kier molecular flexibility index (Phi) is 8.44. The second kappa shape index (κ2) is 8.68. The summed E-state index contributed by atoms with van der Waals surface area (Å²) in [7, 11) is 0. The molecule has 0 aromatic heterocycles. The molecule has 1 aromatic rings. The van der Waals surface area contributed by atoms with Gasteiger partial charge in [0.2, 0.25) is 0 Å². The van der Waals surface area contributed by atoms with E-state index < -0.39 is 0 Å². The number of thioether (sulfide) groups is 1. The highest BCUT2D eigenvalue weighted by atomic mass is 35.5. The Morgan fingerprint density at radius 2 is 2.00 bits per heavy atom. The lowest BCUT2D eigenvalue weighted by molar-refractivity contribution is 0.661. The third-order valence-electron chi connectivity index (χ3n) is 2.30. The van der Waals surface area contributed by atoms with Crippen LogP contribution < -0.4 is 5.73 Å². The van der Waals surface area contributed by atoms with Crippen molar-refractivity contribution in [1.82, 2.24) is 0 Å². The fourth-order valence-corrected chi connectivity index (χ4v) is 2.10. The van der Waals surface area contributed by atoms with Gasteiger partial charge in [0.15, 0.2) is 0 Å². The fourth-order valence-electron chi connectivity index (χ4n) is 1.44. The molecule has 16 heavy (non-hydrogen) atoms. The first kappa shape index (κ1) is 15.6. The highest BCUT2D eigenvalue weighted by Gasteiger charge is 2.04. The molecule has 0 saturated heterocycles. The molecule has 0 aliphatic rings. The van der Waals surface area contributed by atoms with Gasteiger partial charge in [-0.25, -0.2) is 0 Å². The van der Waals surface area contributed by atoms with Crippen LogP contribution in [0.4, 0.5) is 0 Å². The van der Waals surface area contributed by atoms with Gasteiger partial charge in [-0.1, -0.05) is 25.1 Å². The van der Waals surface area contributed by atoms with Gasteiger partial charge in [-0.15, -0.1) is 30.7 Å². The topological polar surface area (TPSA) is 26.0 Å². The molecule has 0 unspecified atom stereocenters. The lowest BCUT2D eigenvalue weighted by Crippen LogP contribution is -2.09. The molecule has 3 heteroatoms. The second-order valence-electron chi connectivity index (χ2n) is 3.47. The van der Waals surface area contributed by atoms with E-state index in [0.717, 1.165) is 18.6 Å². The van der Waals surface area contributed by atoms with Crippen molar-refractivity contribution in [2.24, 2.45) is 5.73 Å². The van der Waals surface area contributed by atoms with Crippen LogP contribution in [0.1, 0.15) is 31.4 Å². The lowest BCUT2D eigenvalue weighted by atomic mass is 10.0. The van der Waals surface area contributed by atoms with E-state index in [9.17, 15) is 0 Å². The van der Waals surface area contributed by atoms with Crippen LogP contribution in [0, 0.1) is 0 Å². The Morgan fingerprint density at radius 3 is 2.50 bits per heavy atom. The van der Waals surface area contributed by atoms with Gasteiger partial charge in [-0.3, -0.25) is 0 Å². The SMILES string of the molecule is C=CCC[C@@H](N)c1ccc(SCC)cc1.Cl. The second-order valence-corrected chi connectivity index (χ2v) is 4.81. The van der Waals surface area contributed by atoms with Gasteiger partial charge in [-0.05, 0) is 36.3 Å². The zero-order valence-corrected chi connectivity index (χ0v) is 11.3. The normalized spacial score (nSPS) is 11.6. The predicted molar refractivity (Wildman–Crippen MR) is 76.4 cm³/mol. The van der Waals surface area contributed by atoms with Crippen molar-refractivity contribution in [2.45, 2.75) is 30.7 Å². The summed E-state index contributed by atoms with van der Waals surface area (Å²) in [5, 5.41) is 0. The van der Waals surface area contributed by atoms with Crippen molar-refractivity contribution >= 4 is 24.2 Å². The van der Waals surface area contributed by atoms with Gasteiger partial charge < -0.3 is 5.73 Å². The Labute approximate surface area is 109 Å². The lowest BCUT2D eigenvalue weighted by Gasteiger charge is -2.11. The average molecular weight is 258 g/mol. The van der Waals surface area contributed by atoms with E-state index in [0.29, 0.717) is 0 Å². The summed E-state index contributed by atoms with van der Waals surface area (Å²) in [6, 6.07) is 8.70. The first-order valence-electron chi connectivity index (χ1n) is 5.37. The number of rotatable bonds is 6. The van der Waals surface area contributed by atoms with E-state index in [4.69, 9.17) is 5.73 Å². The zero-order chi connectivity index (χ0) is 11.1. The summed E-state index contributed by atoms with van der Waals surface area (Å²) in [5.74, 6) is 1.11. The maximum Gasteiger partial charge on any atom is 0.0297 e. The quantitative estimate of drug-likeness (QED) is 0.611. The molecule has 0 aliphatic heterocycles. The van der Waals surface area contributed by atoms with Crippen LogP contribution in [-0.4, -0.2) is 5.75 Å². The summed E-state index contributed by atoms with van der Waals surface area (Å²) < 4.78 is 0. The molecule has 1 aromatic carbocycles. The Bertz CT molecular complexity index is 297. The standard InChI is InChI=1S/C13H19NS.ClH/c1-3-5-6-13(14)11-7-9-12(10-8-11)15-4-2;/h3,7-10,13H,1,4-6,14H2,2H3;1H/t13-;/m1./s1. The number of hydrogen-bond acceptors (Lipinski definition) is 2. The van der Waals surface area contributed by atoms with Gasteiger partial charge in [-0.2, -0.15) is 0 Å². The van der Waals surface area contributed by atoms with Crippen LogP contribution in [-0.2, 0) is 0 Å². The van der Waals surface area contributed by atoms with Crippen molar-refractivity contribution in [1.29, 1.82) is 0 Å². The minimum Gasteiger partial charge on any atom is -0.324 e. The highest BCUT2D eigenvalue weighted by Crippen LogP contribution is 2.21. The van der Waals surface area contributed by atoms with Crippen molar-refractivity contribution in [3.63, 3.8) is 0 Å². The smallest absolute Gasteiger partial charge is 0.0297 e. The fraction of sp³-hybridized carbons (Fsp3) is 0.385. The summed E-state index contributed by atoms with van der Waals surface area (Å²) in [4.78, 5) is 1.32. The summed E-state index contributed by atoms with van der Waals surface area (Å²) in [6.45, 7) is 5.87. The van der Waals surface area contributed by atoms with Crippen LogP contribution in [0.5, 0.6) is 0 Å². The van der Waals surface area contributed by atoms with E-state index in [1.165, 1.54) is 10.5 Å². The molecule has 0 aliphatic carbocycles. The van der Waals surface area contributed by atoms with Crippen LogP contribution in [0.2, 0.25) is 0 Å². The van der Waals surface area contributed by atoms with E-state index in [1.54, 1.807) is 0 Å². The van der Waals surface area contributed by atoms with Crippen molar-refractivity contribution in [3.8, 4) is 0 Å². The third-order valence-corrected chi connectivity index (χ3v) is 3.20. The minimum atomic E-state index is 0. The summed E-state index contributed by atoms with van der Waals surface area (Å²) in [5.41, 5.74) is 7.27. The van der Waals surface area contributed by atoms with Gasteiger partial charge in [0.1, 0.15) is 0 Å². The molecule has 90 valence electrons. The Morgan fingerprint density at radius 1 is 1.38 bits per heavy atom. The molecule has 0 spiro atoms. The Balaban J connectivity index is 0.00000225. The number of hydrogen-bond donors (Lipinski definition) is 1. The van der Waals surface area contributed by atoms with E-state index >= 15 is 0 Å². The van der Waals surface area contributed by atoms with Gasteiger partial charge in [0, 0.05) is 10.9 Å². The maximum atomic E-state index is 6.05. The third kappa shape index (κ3) is 5.06. The molecule has 1 nitrogen and oxygen atoms in total. The molecule has 0 bridgehead atoms. The van der Waals surface area contributed by atoms with Crippen LogP contribution in [0.3, 0.4) is 0 Å². The van der Waals surface area contributed by atoms with E-state index in [1.807, 2.05) is 17.8 Å². The molecule has 0 radical (unpaired) electrons. The first-order chi connectivity index (χ1) is 7.27. The average Bonchev–Trinajstić information content (AvgIpc) is 2.27. The van der Waals surface area contributed by atoms with Crippen molar-refractivity contribution < 1.29 is 0 Å². The molecule has 0 fully saturated rings. The van der Waals surface area contributed by atoms with Crippen LogP contribution >= 0.6 is 24.2 Å². The summed E-state index contributed by atoms with van der Waals surface area (Å²) >= 11 is 1.86. The van der Waals surface area contributed by atoms with Crippen LogP contribution in [0.15, 0.2) is 41.8 Å². The van der Waals surface area contributed by atoms with E-state index in [2.05, 4.69) is 37.8 Å². The molecule has 0 saturated carbocycles. The minimum absolute atomic E-state index is 0. The van der Waals surface area contributed by atoms with E-state index in [-0.39, 0.29) is 18.4 Å². The molecule has 0 amide bonds. The van der Waals surface area contributed by atoms with Gasteiger partial charge in [0.05, 0.1) is 0 Å². The number of nitrogens with two attached hydrogens (primary N) is 1. The molecule has 0 heterocycles. The van der Waals surface area contributed by atoms with Crippen LogP contribution in [0.25, 0.3) is 0 Å². The maximum absolute atomic E-state index is 6.05. The highest BCUT2D eigenvalue weighted by molar-refractivity contribution is 7.99.